The first-order valence-electron chi connectivity index (χ1n) is 8.51. The zero-order valence-electron chi connectivity index (χ0n) is 15.4. The van der Waals surface area contributed by atoms with E-state index in [4.69, 9.17) is 9.47 Å². The highest BCUT2D eigenvalue weighted by Gasteiger charge is 2.11. The Hall–Kier alpha value is -3.42. The summed E-state index contributed by atoms with van der Waals surface area (Å²) >= 11 is 0. The molecule has 0 aliphatic heterocycles. The van der Waals surface area contributed by atoms with Crippen LogP contribution in [0.1, 0.15) is 36.2 Å². The minimum absolute atomic E-state index is 0.222. The Morgan fingerprint density at radius 3 is 2.44 bits per heavy atom. The lowest BCUT2D eigenvalue weighted by molar-refractivity contribution is 0.0944. The van der Waals surface area contributed by atoms with Crippen LogP contribution in [-0.4, -0.2) is 32.8 Å². The minimum atomic E-state index is -0.288. The molecule has 8 heteroatoms. The van der Waals surface area contributed by atoms with Crippen molar-refractivity contribution in [3.05, 3.63) is 60.4 Å². The molecule has 2 aromatic heterocycles. The molecule has 2 heterocycles. The van der Waals surface area contributed by atoms with E-state index in [2.05, 4.69) is 20.5 Å². The molecule has 3 aromatic rings. The van der Waals surface area contributed by atoms with Crippen LogP contribution >= 0.6 is 0 Å². The predicted molar refractivity (Wildman–Crippen MR) is 98.9 cm³/mol. The number of methoxy groups -OCH3 is 1. The number of hydrogen-bond donors (Lipinski definition) is 1. The molecule has 3 rings (SSSR count). The molecule has 0 aliphatic rings. The Bertz CT molecular complexity index is 888. The molecular weight excluding hydrogens is 346 g/mol. The van der Waals surface area contributed by atoms with Gasteiger partial charge in [0.1, 0.15) is 29.3 Å². The molecule has 140 valence electrons. The first kappa shape index (κ1) is 18.4. The molecule has 1 aromatic carbocycles. The van der Waals surface area contributed by atoms with Crippen molar-refractivity contribution in [3.8, 4) is 17.2 Å². The van der Waals surface area contributed by atoms with Crippen LogP contribution in [0.4, 0.5) is 0 Å². The summed E-state index contributed by atoms with van der Waals surface area (Å²) in [5, 5.41) is 10.7. The smallest absolute Gasteiger partial charge is 0.270 e. The van der Waals surface area contributed by atoms with Crippen molar-refractivity contribution in [2.24, 2.45) is 0 Å². The van der Waals surface area contributed by atoms with E-state index in [0.29, 0.717) is 23.0 Å². The van der Waals surface area contributed by atoms with Crippen molar-refractivity contribution in [3.63, 3.8) is 0 Å². The average Bonchev–Trinajstić information content (AvgIpc) is 3.16. The topological polar surface area (TPSA) is 91.2 Å². The Morgan fingerprint density at radius 2 is 1.81 bits per heavy atom. The first-order valence-corrected chi connectivity index (χ1v) is 8.51. The highest BCUT2D eigenvalue weighted by atomic mass is 16.5. The SMILES string of the molecule is COc1ccc(Oc2ccc(C(=O)NCc3nncn3C(C)C)nc2)cc1. The number of rotatable bonds is 7. The fourth-order valence-corrected chi connectivity index (χ4v) is 2.43. The quantitative estimate of drug-likeness (QED) is 0.690. The molecular formula is C19H21N5O3. The molecule has 0 saturated carbocycles. The molecule has 1 amide bonds. The molecule has 0 radical (unpaired) electrons. The number of carbonyl (C=O) groups excluding carboxylic acids is 1. The molecule has 27 heavy (non-hydrogen) atoms. The fraction of sp³-hybridized carbons (Fsp3) is 0.263. The summed E-state index contributed by atoms with van der Waals surface area (Å²) in [6.07, 6.45) is 3.16. The van der Waals surface area contributed by atoms with Gasteiger partial charge in [-0.15, -0.1) is 10.2 Å². The average molecular weight is 367 g/mol. The van der Waals surface area contributed by atoms with Crippen LogP contribution in [0.25, 0.3) is 0 Å². The summed E-state index contributed by atoms with van der Waals surface area (Å²) in [5.41, 5.74) is 0.299. The van der Waals surface area contributed by atoms with Crippen molar-refractivity contribution < 1.29 is 14.3 Å². The van der Waals surface area contributed by atoms with Gasteiger partial charge in [-0.2, -0.15) is 0 Å². The molecule has 8 nitrogen and oxygen atoms in total. The molecule has 0 atom stereocenters. The third-order valence-corrected chi connectivity index (χ3v) is 3.87. The number of benzene rings is 1. The van der Waals surface area contributed by atoms with Gasteiger partial charge in [0.25, 0.3) is 5.91 Å². The molecule has 0 fully saturated rings. The van der Waals surface area contributed by atoms with E-state index >= 15 is 0 Å². The van der Waals surface area contributed by atoms with Gasteiger partial charge in [0.2, 0.25) is 0 Å². The number of pyridine rings is 1. The Morgan fingerprint density at radius 1 is 1.11 bits per heavy atom. The number of carbonyl (C=O) groups is 1. The van der Waals surface area contributed by atoms with Crippen LogP contribution in [-0.2, 0) is 6.54 Å². The maximum Gasteiger partial charge on any atom is 0.270 e. The molecule has 0 bridgehead atoms. The van der Waals surface area contributed by atoms with Crippen molar-refractivity contribution in [2.75, 3.05) is 7.11 Å². The van der Waals surface area contributed by atoms with Crippen molar-refractivity contribution in [1.82, 2.24) is 25.1 Å². The third kappa shape index (κ3) is 4.60. The zero-order chi connectivity index (χ0) is 19.2. The monoisotopic (exact) mass is 367 g/mol. The van der Waals surface area contributed by atoms with Crippen LogP contribution < -0.4 is 14.8 Å². The van der Waals surface area contributed by atoms with Gasteiger partial charge in [-0.3, -0.25) is 4.79 Å². The Balaban J connectivity index is 1.59. The second-order valence-corrected chi connectivity index (χ2v) is 6.09. The van der Waals surface area contributed by atoms with Crippen molar-refractivity contribution in [1.29, 1.82) is 0 Å². The van der Waals surface area contributed by atoms with E-state index in [0.717, 1.165) is 5.75 Å². The molecule has 0 unspecified atom stereocenters. The normalized spacial score (nSPS) is 10.7. The Labute approximate surface area is 157 Å². The largest absolute Gasteiger partial charge is 0.497 e. The number of nitrogens with zero attached hydrogens (tertiary/aromatic N) is 4. The summed E-state index contributed by atoms with van der Waals surface area (Å²) in [4.78, 5) is 16.4. The lowest BCUT2D eigenvalue weighted by Gasteiger charge is -2.10. The standard InChI is InChI=1S/C19H21N5O3/c1-13(2)24-12-22-23-18(24)11-21-19(25)17-9-8-16(10-20-17)27-15-6-4-14(26-3)5-7-15/h4-10,12-13H,11H2,1-3H3,(H,21,25). The summed E-state index contributed by atoms with van der Waals surface area (Å²) in [5.74, 6) is 2.35. The van der Waals surface area contributed by atoms with E-state index in [1.807, 2.05) is 18.4 Å². The van der Waals surface area contributed by atoms with Gasteiger partial charge in [-0.1, -0.05) is 0 Å². The van der Waals surface area contributed by atoms with E-state index in [-0.39, 0.29) is 18.5 Å². The van der Waals surface area contributed by atoms with Crippen molar-refractivity contribution in [2.45, 2.75) is 26.4 Å². The van der Waals surface area contributed by atoms with E-state index in [1.165, 1.54) is 6.20 Å². The molecule has 0 aliphatic carbocycles. The first-order chi connectivity index (χ1) is 13.1. The van der Waals surface area contributed by atoms with Crippen LogP contribution in [0, 0.1) is 0 Å². The fourth-order valence-electron chi connectivity index (χ4n) is 2.43. The number of hydrogen-bond acceptors (Lipinski definition) is 6. The van der Waals surface area contributed by atoms with Crippen LogP contribution in [0.2, 0.25) is 0 Å². The third-order valence-electron chi connectivity index (χ3n) is 3.87. The van der Waals surface area contributed by atoms with E-state index in [9.17, 15) is 4.79 Å². The Kier molecular flexibility index (Phi) is 5.65. The van der Waals surface area contributed by atoms with Gasteiger partial charge >= 0.3 is 0 Å². The lowest BCUT2D eigenvalue weighted by atomic mass is 10.3. The van der Waals surface area contributed by atoms with Gasteiger partial charge < -0.3 is 19.4 Å². The summed E-state index contributed by atoms with van der Waals surface area (Å²) in [6, 6.07) is 10.7. The lowest BCUT2D eigenvalue weighted by Crippen LogP contribution is -2.25. The highest BCUT2D eigenvalue weighted by molar-refractivity contribution is 5.92. The minimum Gasteiger partial charge on any atom is -0.497 e. The van der Waals surface area contributed by atoms with Gasteiger partial charge in [-0.05, 0) is 50.2 Å². The van der Waals surface area contributed by atoms with Gasteiger partial charge in [-0.25, -0.2) is 4.98 Å². The second-order valence-electron chi connectivity index (χ2n) is 6.09. The maximum absolute atomic E-state index is 12.3. The van der Waals surface area contributed by atoms with E-state index in [1.54, 1.807) is 49.8 Å². The number of nitrogens with one attached hydrogen (secondary N) is 1. The van der Waals surface area contributed by atoms with Crippen LogP contribution in [0.5, 0.6) is 17.2 Å². The van der Waals surface area contributed by atoms with Crippen LogP contribution in [0.3, 0.4) is 0 Å². The number of ether oxygens (including phenoxy) is 2. The number of amides is 1. The summed E-state index contributed by atoms with van der Waals surface area (Å²) < 4.78 is 12.7. The summed E-state index contributed by atoms with van der Waals surface area (Å²) in [6.45, 7) is 4.33. The molecule has 0 saturated heterocycles. The maximum atomic E-state index is 12.3. The summed E-state index contributed by atoms with van der Waals surface area (Å²) in [7, 11) is 1.61. The van der Waals surface area contributed by atoms with E-state index < -0.39 is 0 Å². The van der Waals surface area contributed by atoms with Gasteiger partial charge in [0, 0.05) is 6.04 Å². The van der Waals surface area contributed by atoms with Gasteiger partial charge in [0.05, 0.1) is 19.9 Å². The molecule has 0 spiro atoms. The molecule has 1 N–H and O–H groups in total. The van der Waals surface area contributed by atoms with Gasteiger partial charge in [0.15, 0.2) is 5.82 Å². The van der Waals surface area contributed by atoms with Crippen molar-refractivity contribution >= 4 is 5.91 Å². The second kappa shape index (κ2) is 8.31. The number of aromatic nitrogens is 4. The highest BCUT2D eigenvalue weighted by Crippen LogP contribution is 2.23. The van der Waals surface area contributed by atoms with Crippen LogP contribution in [0.15, 0.2) is 48.9 Å². The predicted octanol–water partition coefficient (Wildman–Crippen LogP) is 2.98. The zero-order valence-corrected chi connectivity index (χ0v) is 15.4.